The third-order valence-corrected chi connectivity index (χ3v) is 7.45. The van der Waals surface area contributed by atoms with Gasteiger partial charge < -0.3 is 15.0 Å². The largest absolute Gasteiger partial charge is 0.383 e. The minimum Gasteiger partial charge on any atom is -0.383 e. The third-order valence-electron chi connectivity index (χ3n) is 6.51. The van der Waals surface area contributed by atoms with Crippen molar-refractivity contribution in [3.63, 3.8) is 0 Å². The van der Waals surface area contributed by atoms with E-state index in [1.807, 2.05) is 46.7 Å². The number of hydrogen-bond acceptors (Lipinski definition) is 5. The molecule has 7 heteroatoms. The summed E-state index contributed by atoms with van der Waals surface area (Å²) >= 11 is 1.59. The molecule has 2 aliphatic heterocycles. The number of nitrogens with zero attached hydrogens (tertiary/aromatic N) is 2. The predicted molar refractivity (Wildman–Crippen MR) is 122 cm³/mol. The second-order valence-electron chi connectivity index (χ2n) is 8.19. The molecule has 1 aromatic heterocycles. The summed E-state index contributed by atoms with van der Waals surface area (Å²) in [6.07, 6.45) is 2.29. The normalized spacial score (nSPS) is 23.7. The maximum Gasteiger partial charge on any atom is 0.254 e. The van der Waals surface area contributed by atoms with Crippen LogP contribution in [0.5, 0.6) is 0 Å². The van der Waals surface area contributed by atoms with E-state index in [1.54, 1.807) is 18.4 Å². The molecule has 1 saturated heterocycles. The molecule has 3 atom stereocenters. The molecule has 1 N–H and O–H groups in total. The van der Waals surface area contributed by atoms with Gasteiger partial charge in [-0.3, -0.25) is 14.5 Å². The van der Waals surface area contributed by atoms with Crippen LogP contribution in [0.15, 0.2) is 41.8 Å². The lowest BCUT2D eigenvalue weighted by atomic mass is 9.81. The number of benzene rings is 1. The van der Waals surface area contributed by atoms with Crippen molar-refractivity contribution in [1.29, 1.82) is 0 Å². The van der Waals surface area contributed by atoms with Gasteiger partial charge in [-0.15, -0.1) is 11.3 Å². The molecule has 0 saturated carbocycles. The number of carbonyl (C=O) groups is 2. The average molecular weight is 442 g/mol. The number of carbonyl (C=O) groups excluding carboxylic acids is 2. The highest BCUT2D eigenvalue weighted by molar-refractivity contribution is 7.10. The molecule has 6 nitrogen and oxygen atoms in total. The van der Waals surface area contributed by atoms with Crippen LogP contribution >= 0.6 is 11.3 Å². The summed E-state index contributed by atoms with van der Waals surface area (Å²) in [5, 5.41) is 5.24. The van der Waals surface area contributed by atoms with Gasteiger partial charge >= 0.3 is 0 Å². The molecule has 0 spiro atoms. The Morgan fingerprint density at radius 3 is 2.84 bits per heavy atom. The molecule has 1 fully saturated rings. The van der Waals surface area contributed by atoms with Crippen molar-refractivity contribution < 1.29 is 14.3 Å². The molecular formula is C24H31N3O3S. The summed E-state index contributed by atoms with van der Waals surface area (Å²) < 4.78 is 5.28. The van der Waals surface area contributed by atoms with Crippen LogP contribution in [0, 0.1) is 0 Å². The zero-order chi connectivity index (χ0) is 21.8. The number of likely N-dealkylation sites (N-methyl/N-ethyl adjacent to an activating group) is 1. The van der Waals surface area contributed by atoms with Gasteiger partial charge in [0.05, 0.1) is 18.6 Å². The first-order chi connectivity index (χ1) is 15.2. The van der Waals surface area contributed by atoms with E-state index in [9.17, 15) is 9.59 Å². The van der Waals surface area contributed by atoms with Gasteiger partial charge in [0.1, 0.15) is 0 Å². The fourth-order valence-electron chi connectivity index (χ4n) is 4.96. The Morgan fingerprint density at radius 1 is 1.26 bits per heavy atom. The van der Waals surface area contributed by atoms with Gasteiger partial charge in [-0.2, -0.15) is 0 Å². The Kier molecular flexibility index (Phi) is 7.05. The quantitative estimate of drug-likeness (QED) is 0.683. The van der Waals surface area contributed by atoms with Gasteiger partial charge in [0.2, 0.25) is 5.91 Å². The molecule has 166 valence electrons. The van der Waals surface area contributed by atoms with Crippen molar-refractivity contribution in [3.05, 3.63) is 57.8 Å². The van der Waals surface area contributed by atoms with Crippen molar-refractivity contribution in [2.75, 3.05) is 39.9 Å². The fourth-order valence-corrected chi connectivity index (χ4v) is 5.83. The van der Waals surface area contributed by atoms with Gasteiger partial charge in [-0.05, 0) is 49.0 Å². The SMILES string of the molecule is CCN1CCCC1CNC(=O)C1c2ccccc2C(=O)N(CCOC)C1c1cccs1. The van der Waals surface area contributed by atoms with Crippen LogP contribution in [0.25, 0.3) is 0 Å². The number of thiophene rings is 1. The summed E-state index contributed by atoms with van der Waals surface area (Å²) in [4.78, 5) is 32.3. The lowest BCUT2D eigenvalue weighted by Crippen LogP contribution is -2.49. The number of rotatable bonds is 8. The maximum atomic E-state index is 13.6. The number of amides is 2. The highest BCUT2D eigenvalue weighted by Crippen LogP contribution is 2.44. The van der Waals surface area contributed by atoms with Gasteiger partial charge in [0, 0.05) is 36.7 Å². The zero-order valence-electron chi connectivity index (χ0n) is 18.3. The van der Waals surface area contributed by atoms with Crippen LogP contribution in [-0.4, -0.2) is 67.6 Å². The van der Waals surface area contributed by atoms with Crippen molar-refractivity contribution >= 4 is 23.2 Å². The van der Waals surface area contributed by atoms with Crippen molar-refractivity contribution in [3.8, 4) is 0 Å². The van der Waals surface area contributed by atoms with Gasteiger partial charge in [-0.25, -0.2) is 0 Å². The highest BCUT2D eigenvalue weighted by Gasteiger charge is 2.44. The highest BCUT2D eigenvalue weighted by atomic mass is 32.1. The number of hydrogen-bond donors (Lipinski definition) is 1. The summed E-state index contributed by atoms with van der Waals surface area (Å²) in [5.74, 6) is -0.493. The van der Waals surface area contributed by atoms with Gasteiger partial charge in [0.15, 0.2) is 0 Å². The van der Waals surface area contributed by atoms with Crippen LogP contribution in [0.2, 0.25) is 0 Å². The zero-order valence-corrected chi connectivity index (χ0v) is 19.1. The first kappa shape index (κ1) is 22.0. The number of nitrogens with one attached hydrogen (secondary N) is 1. The lowest BCUT2D eigenvalue weighted by Gasteiger charge is -2.41. The second kappa shape index (κ2) is 9.94. The minimum absolute atomic E-state index is 0.0104. The van der Waals surface area contributed by atoms with E-state index in [-0.39, 0.29) is 17.9 Å². The minimum atomic E-state index is -0.444. The van der Waals surface area contributed by atoms with Crippen molar-refractivity contribution in [1.82, 2.24) is 15.1 Å². The first-order valence-corrected chi connectivity index (χ1v) is 12.0. The van der Waals surface area contributed by atoms with E-state index in [0.29, 0.717) is 31.3 Å². The molecule has 0 bridgehead atoms. The molecule has 4 rings (SSSR count). The van der Waals surface area contributed by atoms with E-state index < -0.39 is 5.92 Å². The van der Waals surface area contributed by atoms with Crippen molar-refractivity contribution in [2.45, 2.75) is 37.8 Å². The van der Waals surface area contributed by atoms with Crippen molar-refractivity contribution in [2.24, 2.45) is 0 Å². The van der Waals surface area contributed by atoms with Gasteiger partial charge in [-0.1, -0.05) is 31.2 Å². The van der Waals surface area contributed by atoms with E-state index in [4.69, 9.17) is 4.74 Å². The Bertz CT molecular complexity index is 901. The van der Waals surface area contributed by atoms with Crippen LogP contribution in [-0.2, 0) is 9.53 Å². The van der Waals surface area contributed by atoms with Gasteiger partial charge in [0.25, 0.3) is 5.91 Å². The molecule has 0 radical (unpaired) electrons. The number of ether oxygens (including phenoxy) is 1. The first-order valence-electron chi connectivity index (χ1n) is 11.1. The van der Waals surface area contributed by atoms with E-state index in [0.717, 1.165) is 30.0 Å². The van der Waals surface area contributed by atoms with E-state index in [1.165, 1.54) is 6.42 Å². The number of likely N-dealkylation sites (tertiary alicyclic amines) is 1. The monoisotopic (exact) mass is 441 g/mol. The molecule has 2 aliphatic rings. The molecule has 3 unspecified atom stereocenters. The van der Waals surface area contributed by atoms with Crippen LogP contribution in [0.4, 0.5) is 0 Å². The predicted octanol–water partition coefficient (Wildman–Crippen LogP) is 3.28. The molecule has 31 heavy (non-hydrogen) atoms. The van der Waals surface area contributed by atoms with Crippen LogP contribution in [0.1, 0.15) is 52.5 Å². The topological polar surface area (TPSA) is 61.9 Å². The lowest BCUT2D eigenvalue weighted by molar-refractivity contribution is -0.124. The Hall–Kier alpha value is -2.22. The molecular weight excluding hydrogens is 410 g/mol. The van der Waals surface area contributed by atoms with Crippen LogP contribution < -0.4 is 5.32 Å². The molecule has 1 aromatic carbocycles. The second-order valence-corrected chi connectivity index (χ2v) is 9.17. The summed E-state index contributed by atoms with van der Waals surface area (Å²) in [6.45, 7) is 5.79. The number of methoxy groups -OCH3 is 1. The Labute approximate surface area is 188 Å². The fraction of sp³-hybridized carbons (Fsp3) is 0.500. The molecule has 2 amide bonds. The molecule has 3 heterocycles. The van der Waals surface area contributed by atoms with E-state index >= 15 is 0 Å². The summed E-state index contributed by atoms with van der Waals surface area (Å²) in [7, 11) is 1.63. The maximum absolute atomic E-state index is 13.6. The van der Waals surface area contributed by atoms with E-state index in [2.05, 4.69) is 17.1 Å². The Balaban J connectivity index is 1.67. The molecule has 0 aliphatic carbocycles. The number of fused-ring (bicyclic) bond motifs is 1. The summed E-state index contributed by atoms with van der Waals surface area (Å²) in [6, 6.07) is 11.6. The smallest absolute Gasteiger partial charge is 0.254 e. The third kappa shape index (κ3) is 4.40. The van der Waals surface area contributed by atoms with Crippen LogP contribution in [0.3, 0.4) is 0 Å². The Morgan fingerprint density at radius 2 is 2.10 bits per heavy atom. The summed E-state index contributed by atoms with van der Waals surface area (Å²) in [5.41, 5.74) is 1.43. The molecule has 2 aromatic rings. The average Bonchev–Trinajstić information content (AvgIpc) is 3.48. The standard InChI is InChI=1S/C24H31N3O3S/c1-3-26-12-6-8-17(26)16-25-23(28)21-18-9-4-5-10-19(18)24(29)27(13-14-30-2)22(21)20-11-7-15-31-20/h4-5,7,9-11,15,17,21-22H,3,6,8,12-14,16H2,1-2H3,(H,25,28).